The Labute approximate surface area is 198 Å². The van der Waals surface area contributed by atoms with Crippen molar-refractivity contribution in [2.75, 3.05) is 26.4 Å². The highest BCUT2D eigenvalue weighted by Gasteiger charge is 2.44. The van der Waals surface area contributed by atoms with Crippen LogP contribution >= 0.6 is 0 Å². The molecule has 5 rings (SSSR count). The van der Waals surface area contributed by atoms with E-state index in [0.29, 0.717) is 54.4 Å². The molecule has 2 aromatic carbocycles. The standard InChI is InChI=1S/C27H29NO6/c1-3-13-33-21-12-11-17(15-22(21)31-4-2)24-23-25(29)19-9-5-6-10-20(19)34-26(23)27(30)28(24)16-18-8-7-14-32-18/h5-6,9-12,15,18,24H,3-4,7-8,13-14,16H2,1-2H3/t18-,24-/m0/s1. The van der Waals surface area contributed by atoms with E-state index in [1.165, 1.54) is 0 Å². The molecule has 1 amide bonds. The minimum Gasteiger partial charge on any atom is -0.490 e. The molecule has 0 unspecified atom stereocenters. The molecular formula is C27H29NO6. The largest absolute Gasteiger partial charge is 0.490 e. The molecule has 0 saturated carbocycles. The fourth-order valence-corrected chi connectivity index (χ4v) is 4.80. The Balaban J connectivity index is 1.65. The number of para-hydroxylation sites is 1. The van der Waals surface area contributed by atoms with Crippen LogP contribution in [0.3, 0.4) is 0 Å². The van der Waals surface area contributed by atoms with Gasteiger partial charge >= 0.3 is 0 Å². The van der Waals surface area contributed by atoms with Gasteiger partial charge in [0.1, 0.15) is 5.58 Å². The van der Waals surface area contributed by atoms with Crippen molar-refractivity contribution in [3.63, 3.8) is 0 Å². The van der Waals surface area contributed by atoms with Crippen LogP contribution in [0.15, 0.2) is 51.7 Å². The first-order chi connectivity index (χ1) is 16.6. The first-order valence-corrected chi connectivity index (χ1v) is 12.0. The molecule has 0 aliphatic carbocycles. The Hall–Kier alpha value is -3.32. The second-order valence-electron chi connectivity index (χ2n) is 8.65. The number of carbonyl (C=O) groups excluding carboxylic acids is 1. The van der Waals surface area contributed by atoms with Gasteiger partial charge in [-0.25, -0.2) is 0 Å². The zero-order valence-electron chi connectivity index (χ0n) is 19.5. The van der Waals surface area contributed by atoms with Crippen LogP contribution < -0.4 is 14.9 Å². The zero-order chi connectivity index (χ0) is 23.7. The minimum absolute atomic E-state index is 0.0659. The van der Waals surface area contributed by atoms with Gasteiger partial charge < -0.3 is 23.5 Å². The Morgan fingerprint density at radius 3 is 2.68 bits per heavy atom. The summed E-state index contributed by atoms with van der Waals surface area (Å²) < 4.78 is 23.6. The quantitative estimate of drug-likeness (QED) is 0.482. The maximum absolute atomic E-state index is 13.6. The molecule has 0 spiro atoms. The summed E-state index contributed by atoms with van der Waals surface area (Å²) >= 11 is 0. The van der Waals surface area contributed by atoms with Crippen molar-refractivity contribution in [3.8, 4) is 11.5 Å². The molecule has 0 N–H and O–H groups in total. The van der Waals surface area contributed by atoms with Crippen molar-refractivity contribution < 1.29 is 23.4 Å². The number of rotatable bonds is 8. The third kappa shape index (κ3) is 3.94. The number of carbonyl (C=O) groups is 1. The SMILES string of the molecule is CCCOc1ccc([C@H]2c3c(oc4ccccc4c3=O)C(=O)N2C[C@@H]2CCCO2)cc1OCC. The van der Waals surface area contributed by atoms with Gasteiger partial charge in [0.2, 0.25) is 5.76 Å². The summed E-state index contributed by atoms with van der Waals surface area (Å²) in [6.07, 6.45) is 2.65. The lowest BCUT2D eigenvalue weighted by atomic mass is 9.97. The lowest BCUT2D eigenvalue weighted by molar-refractivity contribution is 0.0486. The van der Waals surface area contributed by atoms with E-state index < -0.39 is 6.04 Å². The van der Waals surface area contributed by atoms with Crippen LogP contribution in [-0.2, 0) is 4.74 Å². The van der Waals surface area contributed by atoms with Crippen LogP contribution in [0.25, 0.3) is 11.0 Å². The van der Waals surface area contributed by atoms with E-state index in [9.17, 15) is 9.59 Å². The number of ether oxygens (including phenoxy) is 3. The first-order valence-electron chi connectivity index (χ1n) is 12.0. The summed E-state index contributed by atoms with van der Waals surface area (Å²) in [7, 11) is 0. The molecule has 1 saturated heterocycles. The monoisotopic (exact) mass is 463 g/mol. The molecule has 1 aromatic heterocycles. The number of benzene rings is 2. The van der Waals surface area contributed by atoms with E-state index in [1.54, 1.807) is 29.2 Å². The Bertz CT molecular complexity index is 1260. The fourth-order valence-electron chi connectivity index (χ4n) is 4.80. The average molecular weight is 464 g/mol. The van der Waals surface area contributed by atoms with Crippen LogP contribution in [0.2, 0.25) is 0 Å². The lowest BCUT2D eigenvalue weighted by Gasteiger charge is -2.28. The van der Waals surface area contributed by atoms with Crippen molar-refractivity contribution in [1.29, 1.82) is 0 Å². The van der Waals surface area contributed by atoms with Gasteiger partial charge in [-0.3, -0.25) is 9.59 Å². The van der Waals surface area contributed by atoms with Crippen LogP contribution in [0, 0.1) is 0 Å². The number of hydrogen-bond donors (Lipinski definition) is 0. The van der Waals surface area contributed by atoms with Gasteiger partial charge in [0.25, 0.3) is 5.91 Å². The summed E-state index contributed by atoms with van der Waals surface area (Å²) in [5, 5.41) is 0.464. The van der Waals surface area contributed by atoms with Crippen molar-refractivity contribution in [2.24, 2.45) is 0 Å². The van der Waals surface area contributed by atoms with Gasteiger partial charge in [-0.15, -0.1) is 0 Å². The van der Waals surface area contributed by atoms with E-state index in [4.69, 9.17) is 18.6 Å². The number of amides is 1. The van der Waals surface area contributed by atoms with Gasteiger partial charge in [-0.05, 0) is 56.0 Å². The molecule has 3 aromatic rings. The maximum Gasteiger partial charge on any atom is 0.291 e. The topological polar surface area (TPSA) is 78.2 Å². The van der Waals surface area contributed by atoms with Gasteiger partial charge in [0.05, 0.1) is 36.3 Å². The summed E-state index contributed by atoms with van der Waals surface area (Å²) in [5.74, 6) is 1.06. The van der Waals surface area contributed by atoms with Gasteiger partial charge in [0, 0.05) is 13.2 Å². The third-order valence-corrected chi connectivity index (χ3v) is 6.34. The number of fused-ring (bicyclic) bond motifs is 2. The predicted molar refractivity (Wildman–Crippen MR) is 128 cm³/mol. The second kappa shape index (κ2) is 9.50. The van der Waals surface area contributed by atoms with E-state index in [-0.39, 0.29) is 23.2 Å². The predicted octanol–water partition coefficient (Wildman–Crippen LogP) is 4.70. The molecule has 3 heterocycles. The van der Waals surface area contributed by atoms with E-state index in [1.807, 2.05) is 32.0 Å². The molecule has 2 aliphatic rings. The summed E-state index contributed by atoms with van der Waals surface area (Å²) in [6, 6.07) is 12.1. The minimum atomic E-state index is -0.591. The van der Waals surface area contributed by atoms with Gasteiger partial charge in [-0.1, -0.05) is 25.1 Å². The van der Waals surface area contributed by atoms with E-state index >= 15 is 0 Å². The molecule has 178 valence electrons. The Kier molecular flexibility index (Phi) is 6.28. The molecule has 0 radical (unpaired) electrons. The molecule has 7 nitrogen and oxygen atoms in total. The normalized spacial score (nSPS) is 19.6. The molecule has 2 atom stereocenters. The smallest absolute Gasteiger partial charge is 0.291 e. The summed E-state index contributed by atoms with van der Waals surface area (Å²) in [6.45, 7) is 6.08. The molecule has 1 fully saturated rings. The first kappa shape index (κ1) is 22.5. The van der Waals surface area contributed by atoms with Gasteiger partial charge in [-0.2, -0.15) is 0 Å². The highest BCUT2D eigenvalue weighted by molar-refractivity contribution is 5.99. The molecule has 2 aliphatic heterocycles. The number of nitrogens with zero attached hydrogens (tertiary/aromatic N) is 1. The van der Waals surface area contributed by atoms with Crippen molar-refractivity contribution in [2.45, 2.75) is 45.3 Å². The highest BCUT2D eigenvalue weighted by atomic mass is 16.5. The lowest BCUT2D eigenvalue weighted by Crippen LogP contribution is -2.36. The molecular weight excluding hydrogens is 434 g/mol. The molecule has 7 heteroatoms. The Morgan fingerprint density at radius 1 is 1.06 bits per heavy atom. The third-order valence-electron chi connectivity index (χ3n) is 6.34. The zero-order valence-corrected chi connectivity index (χ0v) is 19.5. The average Bonchev–Trinajstić information content (AvgIpc) is 3.46. The van der Waals surface area contributed by atoms with Gasteiger partial charge in [0.15, 0.2) is 16.9 Å². The summed E-state index contributed by atoms with van der Waals surface area (Å²) in [4.78, 5) is 28.9. The van der Waals surface area contributed by atoms with E-state index in [2.05, 4.69) is 0 Å². The number of hydrogen-bond acceptors (Lipinski definition) is 6. The molecule has 34 heavy (non-hydrogen) atoms. The van der Waals surface area contributed by atoms with Crippen LogP contribution in [0.4, 0.5) is 0 Å². The second-order valence-corrected chi connectivity index (χ2v) is 8.65. The fraction of sp³-hybridized carbons (Fsp3) is 0.407. The van der Waals surface area contributed by atoms with Crippen molar-refractivity contribution >= 4 is 16.9 Å². The maximum atomic E-state index is 13.6. The van der Waals surface area contributed by atoms with Crippen molar-refractivity contribution in [3.05, 3.63) is 69.6 Å². The van der Waals surface area contributed by atoms with Crippen LogP contribution in [-0.4, -0.2) is 43.3 Å². The van der Waals surface area contributed by atoms with Crippen LogP contribution in [0.1, 0.15) is 60.8 Å². The van der Waals surface area contributed by atoms with E-state index in [0.717, 1.165) is 24.8 Å². The Morgan fingerprint density at radius 2 is 1.91 bits per heavy atom. The molecule has 0 bridgehead atoms. The summed E-state index contributed by atoms with van der Waals surface area (Å²) in [5.41, 5.74) is 1.37. The van der Waals surface area contributed by atoms with Crippen LogP contribution in [0.5, 0.6) is 11.5 Å². The highest BCUT2D eigenvalue weighted by Crippen LogP contribution is 2.41. The van der Waals surface area contributed by atoms with Crippen molar-refractivity contribution in [1.82, 2.24) is 4.90 Å².